The predicted molar refractivity (Wildman–Crippen MR) is 97.4 cm³/mol. The van der Waals surface area contributed by atoms with Crippen molar-refractivity contribution < 1.29 is 26.8 Å². The van der Waals surface area contributed by atoms with Gasteiger partial charge in [0.05, 0.1) is 16.5 Å². The van der Waals surface area contributed by atoms with Gasteiger partial charge in [0.1, 0.15) is 17.4 Å². The van der Waals surface area contributed by atoms with E-state index in [0.717, 1.165) is 6.07 Å². The number of nitrogens with zero attached hydrogens (tertiary/aromatic N) is 1. The van der Waals surface area contributed by atoms with Crippen LogP contribution >= 0.6 is 0 Å². The maximum atomic E-state index is 13.2. The van der Waals surface area contributed by atoms with Crippen LogP contribution in [-0.2, 0) is 0 Å². The van der Waals surface area contributed by atoms with Gasteiger partial charge in [-0.1, -0.05) is 6.58 Å². The number of anilines is 1. The summed E-state index contributed by atoms with van der Waals surface area (Å²) >= 11 is 0. The van der Waals surface area contributed by atoms with E-state index in [0.29, 0.717) is 5.56 Å². The third-order valence-electron chi connectivity index (χ3n) is 4.15. The van der Waals surface area contributed by atoms with Gasteiger partial charge in [-0.25, -0.2) is 4.39 Å². The van der Waals surface area contributed by atoms with Gasteiger partial charge in [-0.2, -0.15) is 18.2 Å². The maximum Gasteiger partial charge on any atom is 0.416 e. The second-order valence-electron chi connectivity index (χ2n) is 5.86. The number of pyridine rings is 1. The second kappa shape index (κ2) is 6.99. The Morgan fingerprint density at radius 1 is 1.18 bits per heavy atom. The lowest BCUT2D eigenvalue weighted by Crippen LogP contribution is -2.18. The minimum atomic E-state index is -4.68. The highest BCUT2D eigenvalue weighted by Gasteiger charge is 2.35. The molecule has 3 rings (SSSR count). The van der Waals surface area contributed by atoms with Crippen LogP contribution in [0.1, 0.15) is 15.9 Å². The minimum absolute atomic E-state index is 0.00418. The number of fused-ring (bicyclic) bond motifs is 1. The van der Waals surface area contributed by atoms with E-state index in [-0.39, 0.29) is 33.8 Å². The monoisotopic (exact) mass is 393 g/mol. The molecule has 0 fully saturated rings. The molecule has 0 saturated heterocycles. The number of carbonyl (C=O) groups is 1. The molecule has 3 aromatic rings. The number of aromatic nitrogens is 1. The molecule has 2 N–H and O–H groups in total. The van der Waals surface area contributed by atoms with Crippen LogP contribution in [0, 0.1) is 5.82 Å². The second-order valence-corrected chi connectivity index (χ2v) is 5.86. The van der Waals surface area contributed by atoms with Crippen molar-refractivity contribution in [3.63, 3.8) is 0 Å². The highest BCUT2D eigenvalue weighted by Crippen LogP contribution is 2.40. The molecule has 0 saturated carbocycles. The molecule has 0 unspecified atom stereocenters. The Labute approximate surface area is 157 Å². The fourth-order valence-electron chi connectivity index (χ4n) is 2.75. The van der Waals surface area contributed by atoms with Crippen molar-refractivity contribution in [2.45, 2.75) is 6.18 Å². The van der Waals surface area contributed by atoms with Crippen LogP contribution < -0.4 is 10.6 Å². The molecule has 5 nitrogen and oxygen atoms in total. The number of benzene rings is 1. The summed E-state index contributed by atoms with van der Waals surface area (Å²) in [6.45, 7) is 3.10. The molecule has 146 valence electrons. The van der Waals surface area contributed by atoms with Crippen LogP contribution in [0.2, 0.25) is 0 Å². The van der Waals surface area contributed by atoms with Gasteiger partial charge < -0.3 is 15.1 Å². The van der Waals surface area contributed by atoms with Crippen molar-refractivity contribution in [2.24, 2.45) is 0 Å². The molecule has 1 aromatic carbocycles. The first-order chi connectivity index (χ1) is 13.2. The molecule has 2 aromatic heterocycles. The van der Waals surface area contributed by atoms with Gasteiger partial charge in [0, 0.05) is 25.2 Å². The lowest BCUT2D eigenvalue weighted by atomic mass is 10.0. The molecule has 0 aliphatic heterocycles. The molecule has 2 heterocycles. The number of allylic oxidation sites excluding steroid dienone is 1. The fourth-order valence-corrected chi connectivity index (χ4v) is 2.75. The van der Waals surface area contributed by atoms with Crippen molar-refractivity contribution >= 4 is 28.4 Å². The van der Waals surface area contributed by atoms with Crippen LogP contribution in [0.4, 0.5) is 23.4 Å². The van der Waals surface area contributed by atoms with Crippen LogP contribution in [-0.4, -0.2) is 31.2 Å². The number of rotatable bonds is 4. The smallest absolute Gasteiger partial charge is 0.416 e. The summed E-state index contributed by atoms with van der Waals surface area (Å²) in [6.07, 6.45) is -4.68. The van der Waals surface area contributed by atoms with Crippen molar-refractivity contribution in [1.29, 1.82) is 0 Å². The Morgan fingerprint density at radius 3 is 2.36 bits per heavy atom. The quantitative estimate of drug-likeness (QED) is 0.636. The fraction of sp³-hybridized carbons (Fsp3) is 0.158. The van der Waals surface area contributed by atoms with Crippen LogP contribution in [0.15, 0.2) is 41.3 Å². The topological polar surface area (TPSA) is 67.2 Å². The van der Waals surface area contributed by atoms with Gasteiger partial charge in [0.2, 0.25) is 5.71 Å². The van der Waals surface area contributed by atoms with Crippen molar-refractivity contribution in [3.05, 3.63) is 53.9 Å². The van der Waals surface area contributed by atoms with E-state index in [1.165, 1.54) is 38.4 Å². The molecule has 1 amide bonds. The Kier molecular flexibility index (Phi) is 4.84. The van der Waals surface area contributed by atoms with Gasteiger partial charge in [-0.15, -0.1) is 0 Å². The van der Waals surface area contributed by atoms with E-state index in [9.17, 15) is 22.4 Å². The average Bonchev–Trinajstić information content (AvgIpc) is 3.03. The number of alkyl halides is 3. The molecule has 0 atom stereocenters. The highest BCUT2D eigenvalue weighted by atomic mass is 19.4. The summed E-state index contributed by atoms with van der Waals surface area (Å²) in [4.78, 5) is 16.5. The summed E-state index contributed by atoms with van der Waals surface area (Å²) in [5, 5.41) is 5.09. The standard InChI is InChI=1S/C19H15F4N3O2/c1-9(19(21,22)23)12-8-13-14(17(27)25-3)15(10-4-6-11(20)7-5-10)28-18(13)26-16(12)24-2/h4-8H,1H2,2-3H3,(H,24,26)(H,25,27). The van der Waals surface area contributed by atoms with E-state index in [4.69, 9.17) is 4.42 Å². The Bertz CT molecular complexity index is 1070. The van der Waals surface area contributed by atoms with Crippen molar-refractivity contribution in [1.82, 2.24) is 10.3 Å². The molecule has 0 aliphatic rings. The number of halogens is 4. The zero-order valence-corrected chi connectivity index (χ0v) is 14.9. The number of nitrogens with one attached hydrogen (secondary N) is 2. The first kappa shape index (κ1) is 19.4. The minimum Gasteiger partial charge on any atom is -0.437 e. The summed E-state index contributed by atoms with van der Waals surface area (Å²) in [6, 6.07) is 6.31. The van der Waals surface area contributed by atoms with E-state index >= 15 is 0 Å². The zero-order chi connectivity index (χ0) is 20.6. The van der Waals surface area contributed by atoms with Crippen LogP contribution in [0.25, 0.3) is 28.0 Å². The SMILES string of the molecule is C=C(c1cc2c(C(=O)NC)c(-c3ccc(F)cc3)oc2nc1NC)C(F)(F)F. The van der Waals surface area contributed by atoms with E-state index in [2.05, 4.69) is 22.2 Å². The summed E-state index contributed by atoms with van der Waals surface area (Å²) in [5.41, 5.74) is -1.09. The van der Waals surface area contributed by atoms with Gasteiger partial charge >= 0.3 is 6.18 Å². The van der Waals surface area contributed by atoms with Gasteiger partial charge in [0.25, 0.3) is 5.91 Å². The molecular formula is C19H15F4N3O2. The van der Waals surface area contributed by atoms with Crippen LogP contribution in [0.5, 0.6) is 0 Å². The third-order valence-corrected chi connectivity index (χ3v) is 4.15. The summed E-state index contributed by atoms with van der Waals surface area (Å²) in [7, 11) is 2.78. The summed E-state index contributed by atoms with van der Waals surface area (Å²) in [5.74, 6) is -1.10. The average molecular weight is 393 g/mol. The Hall–Kier alpha value is -3.36. The number of hydrogen-bond donors (Lipinski definition) is 2. The Balaban J connectivity index is 2.33. The normalized spacial score (nSPS) is 11.5. The molecule has 0 spiro atoms. The van der Waals surface area contributed by atoms with Crippen molar-refractivity contribution in [2.75, 3.05) is 19.4 Å². The predicted octanol–water partition coefficient (Wildman–Crippen LogP) is 4.61. The lowest BCUT2D eigenvalue weighted by molar-refractivity contribution is -0.0686. The number of carbonyl (C=O) groups excluding carboxylic acids is 1. The number of hydrogen-bond acceptors (Lipinski definition) is 4. The zero-order valence-electron chi connectivity index (χ0n) is 14.9. The van der Waals surface area contributed by atoms with Crippen molar-refractivity contribution in [3.8, 4) is 11.3 Å². The molecular weight excluding hydrogens is 378 g/mol. The van der Waals surface area contributed by atoms with Gasteiger partial charge in [-0.3, -0.25) is 4.79 Å². The number of furan rings is 1. The Morgan fingerprint density at radius 2 is 1.82 bits per heavy atom. The third kappa shape index (κ3) is 3.30. The first-order valence-electron chi connectivity index (χ1n) is 8.07. The number of amides is 1. The lowest BCUT2D eigenvalue weighted by Gasteiger charge is -2.13. The highest BCUT2D eigenvalue weighted by molar-refractivity contribution is 6.11. The summed E-state index contributed by atoms with van der Waals surface area (Å²) < 4.78 is 58.5. The molecule has 0 radical (unpaired) electrons. The van der Waals surface area contributed by atoms with E-state index in [1.54, 1.807) is 0 Å². The first-order valence-corrected chi connectivity index (χ1v) is 8.07. The van der Waals surface area contributed by atoms with E-state index < -0.39 is 23.5 Å². The largest absolute Gasteiger partial charge is 0.437 e. The molecule has 0 bridgehead atoms. The van der Waals surface area contributed by atoms with E-state index in [1.807, 2.05) is 0 Å². The van der Waals surface area contributed by atoms with Gasteiger partial charge in [0.15, 0.2) is 0 Å². The maximum absolute atomic E-state index is 13.2. The van der Waals surface area contributed by atoms with Crippen LogP contribution in [0.3, 0.4) is 0 Å². The molecule has 9 heteroatoms. The molecule has 28 heavy (non-hydrogen) atoms. The molecule has 0 aliphatic carbocycles. The van der Waals surface area contributed by atoms with Gasteiger partial charge in [-0.05, 0) is 30.3 Å².